The zero-order valence-corrected chi connectivity index (χ0v) is 15.9. The Balaban J connectivity index is 1.77. The minimum atomic E-state index is -3.64. The molecule has 0 spiro atoms. The highest BCUT2D eigenvalue weighted by atomic mass is 32.2. The molecule has 0 aliphatic carbocycles. The van der Waals surface area contributed by atoms with Gasteiger partial charge in [0.2, 0.25) is 0 Å². The van der Waals surface area contributed by atoms with E-state index in [0.29, 0.717) is 17.2 Å². The van der Waals surface area contributed by atoms with E-state index in [2.05, 4.69) is 11.6 Å². The Bertz CT molecular complexity index is 887. The van der Waals surface area contributed by atoms with Crippen LogP contribution in [0.4, 0.5) is 5.69 Å². The molecule has 0 radical (unpaired) electrons. The van der Waals surface area contributed by atoms with Crippen LogP contribution in [0.1, 0.15) is 35.7 Å². The zero-order valence-electron chi connectivity index (χ0n) is 15.1. The van der Waals surface area contributed by atoms with E-state index in [9.17, 15) is 13.2 Å². The first kappa shape index (κ1) is 18.5. The highest BCUT2D eigenvalue weighted by molar-refractivity contribution is 7.92. The van der Waals surface area contributed by atoms with Gasteiger partial charge in [0.1, 0.15) is 0 Å². The summed E-state index contributed by atoms with van der Waals surface area (Å²) in [5, 5.41) is 0. The number of hydrogen-bond donors (Lipinski definition) is 1. The molecule has 0 aromatic heterocycles. The van der Waals surface area contributed by atoms with Crippen LogP contribution in [-0.2, 0) is 10.0 Å². The van der Waals surface area contributed by atoms with Crippen molar-refractivity contribution in [1.29, 1.82) is 0 Å². The molecule has 1 saturated heterocycles. The first-order chi connectivity index (χ1) is 12.4. The van der Waals surface area contributed by atoms with Gasteiger partial charge in [0.25, 0.3) is 15.9 Å². The summed E-state index contributed by atoms with van der Waals surface area (Å²) in [5.41, 5.74) is 1.80. The normalized spacial score (nSPS) is 15.7. The second-order valence-corrected chi connectivity index (χ2v) is 8.61. The fraction of sp³-hybridized carbons (Fsp3) is 0.350. The van der Waals surface area contributed by atoms with Crippen LogP contribution in [0.25, 0.3) is 0 Å². The maximum Gasteiger partial charge on any atom is 0.261 e. The molecule has 3 rings (SSSR count). The predicted molar refractivity (Wildman–Crippen MR) is 103 cm³/mol. The standard InChI is InChI=1S/C20H24N2O3S/c1-15-10-12-22(13-11-15)20(23)17-8-9-19(16(2)14-17)21-26(24,25)18-6-4-3-5-7-18/h3-9,14-15,21H,10-13H2,1-2H3. The van der Waals surface area contributed by atoms with Crippen LogP contribution in [0.5, 0.6) is 0 Å². The van der Waals surface area contributed by atoms with E-state index in [0.717, 1.165) is 31.5 Å². The van der Waals surface area contributed by atoms with Gasteiger partial charge >= 0.3 is 0 Å². The summed E-state index contributed by atoms with van der Waals surface area (Å²) in [6, 6.07) is 13.3. The number of likely N-dealkylation sites (tertiary alicyclic amines) is 1. The molecule has 1 heterocycles. The molecular formula is C20H24N2O3S. The summed E-state index contributed by atoms with van der Waals surface area (Å²) in [6.45, 7) is 5.57. The number of benzene rings is 2. The molecule has 0 saturated carbocycles. The van der Waals surface area contributed by atoms with E-state index in [4.69, 9.17) is 0 Å². The molecule has 138 valence electrons. The highest BCUT2D eigenvalue weighted by Crippen LogP contribution is 2.23. The molecule has 1 aliphatic rings. The van der Waals surface area contributed by atoms with Crippen LogP contribution in [0.3, 0.4) is 0 Å². The number of carbonyl (C=O) groups excluding carboxylic acids is 1. The van der Waals surface area contributed by atoms with Gasteiger partial charge in [0, 0.05) is 18.7 Å². The van der Waals surface area contributed by atoms with Gasteiger partial charge in [-0.2, -0.15) is 0 Å². The number of nitrogens with zero attached hydrogens (tertiary/aromatic N) is 1. The summed E-state index contributed by atoms with van der Waals surface area (Å²) >= 11 is 0. The Morgan fingerprint density at radius 2 is 1.73 bits per heavy atom. The van der Waals surface area contributed by atoms with Crippen molar-refractivity contribution in [2.24, 2.45) is 5.92 Å². The lowest BCUT2D eigenvalue weighted by Gasteiger charge is -2.30. The maximum absolute atomic E-state index is 12.7. The second-order valence-electron chi connectivity index (χ2n) is 6.92. The molecule has 0 bridgehead atoms. The molecule has 1 fully saturated rings. The van der Waals surface area contributed by atoms with Crippen molar-refractivity contribution >= 4 is 21.6 Å². The first-order valence-electron chi connectivity index (χ1n) is 8.84. The summed E-state index contributed by atoms with van der Waals surface area (Å²) in [7, 11) is -3.64. The summed E-state index contributed by atoms with van der Waals surface area (Å²) in [4.78, 5) is 14.8. The monoisotopic (exact) mass is 372 g/mol. The van der Waals surface area contributed by atoms with Crippen molar-refractivity contribution < 1.29 is 13.2 Å². The van der Waals surface area contributed by atoms with Crippen molar-refractivity contribution in [2.45, 2.75) is 31.6 Å². The lowest BCUT2D eigenvalue weighted by molar-refractivity contribution is 0.0697. The third-order valence-corrected chi connectivity index (χ3v) is 6.22. The Hall–Kier alpha value is -2.34. The van der Waals surface area contributed by atoms with Gasteiger partial charge < -0.3 is 4.90 Å². The van der Waals surface area contributed by atoms with E-state index < -0.39 is 10.0 Å². The fourth-order valence-electron chi connectivity index (χ4n) is 3.11. The van der Waals surface area contributed by atoms with Gasteiger partial charge in [-0.25, -0.2) is 8.42 Å². The molecule has 2 aromatic rings. The topological polar surface area (TPSA) is 66.5 Å². The van der Waals surface area contributed by atoms with Crippen LogP contribution in [0, 0.1) is 12.8 Å². The second kappa shape index (κ2) is 7.50. The summed E-state index contributed by atoms with van der Waals surface area (Å²) in [5.74, 6) is 0.674. The minimum Gasteiger partial charge on any atom is -0.339 e. The number of carbonyl (C=O) groups is 1. The molecule has 6 heteroatoms. The Morgan fingerprint density at radius 3 is 2.35 bits per heavy atom. The quantitative estimate of drug-likeness (QED) is 0.890. The number of amides is 1. The average molecular weight is 372 g/mol. The predicted octanol–water partition coefficient (Wildman–Crippen LogP) is 3.67. The molecule has 26 heavy (non-hydrogen) atoms. The van der Waals surface area contributed by atoms with E-state index in [1.54, 1.807) is 55.5 Å². The number of rotatable bonds is 4. The van der Waals surface area contributed by atoms with Gasteiger partial charge in [0.05, 0.1) is 10.6 Å². The van der Waals surface area contributed by atoms with E-state index in [1.165, 1.54) is 0 Å². The third-order valence-electron chi connectivity index (χ3n) is 4.84. The van der Waals surface area contributed by atoms with Gasteiger partial charge in [-0.15, -0.1) is 0 Å². The molecule has 0 unspecified atom stereocenters. The van der Waals surface area contributed by atoms with Crippen molar-refractivity contribution in [3.05, 3.63) is 59.7 Å². The fourth-order valence-corrected chi connectivity index (χ4v) is 4.26. The number of piperidine rings is 1. The Labute approximate surface area is 155 Å². The van der Waals surface area contributed by atoms with Gasteiger partial charge in [-0.1, -0.05) is 25.1 Å². The van der Waals surface area contributed by atoms with Crippen LogP contribution >= 0.6 is 0 Å². The van der Waals surface area contributed by atoms with E-state index >= 15 is 0 Å². The number of nitrogens with one attached hydrogen (secondary N) is 1. The van der Waals surface area contributed by atoms with Crippen molar-refractivity contribution in [1.82, 2.24) is 4.90 Å². The van der Waals surface area contributed by atoms with Crippen LogP contribution in [0.2, 0.25) is 0 Å². The molecule has 1 amide bonds. The van der Waals surface area contributed by atoms with Crippen molar-refractivity contribution in [3.63, 3.8) is 0 Å². The zero-order chi connectivity index (χ0) is 18.7. The smallest absolute Gasteiger partial charge is 0.261 e. The average Bonchev–Trinajstić information content (AvgIpc) is 2.64. The lowest BCUT2D eigenvalue weighted by atomic mass is 9.98. The summed E-state index contributed by atoms with van der Waals surface area (Å²) in [6.07, 6.45) is 2.05. The Kier molecular flexibility index (Phi) is 5.32. The lowest BCUT2D eigenvalue weighted by Crippen LogP contribution is -2.37. The summed E-state index contributed by atoms with van der Waals surface area (Å²) < 4.78 is 27.5. The number of aryl methyl sites for hydroxylation is 1. The minimum absolute atomic E-state index is 0.0115. The number of anilines is 1. The highest BCUT2D eigenvalue weighted by Gasteiger charge is 2.22. The molecule has 5 nitrogen and oxygen atoms in total. The van der Waals surface area contributed by atoms with Crippen molar-refractivity contribution in [3.8, 4) is 0 Å². The van der Waals surface area contributed by atoms with Crippen LogP contribution in [-0.4, -0.2) is 32.3 Å². The van der Waals surface area contributed by atoms with Gasteiger partial charge in [0.15, 0.2) is 0 Å². The SMILES string of the molecule is Cc1cc(C(=O)N2CCC(C)CC2)ccc1NS(=O)(=O)c1ccccc1. The third kappa shape index (κ3) is 4.07. The van der Waals surface area contributed by atoms with Gasteiger partial charge in [-0.3, -0.25) is 9.52 Å². The number of sulfonamides is 1. The van der Waals surface area contributed by atoms with Gasteiger partial charge in [-0.05, 0) is 61.6 Å². The van der Waals surface area contributed by atoms with Crippen molar-refractivity contribution in [2.75, 3.05) is 17.8 Å². The first-order valence-corrected chi connectivity index (χ1v) is 10.3. The van der Waals surface area contributed by atoms with E-state index in [-0.39, 0.29) is 10.8 Å². The number of hydrogen-bond acceptors (Lipinski definition) is 3. The molecule has 2 aromatic carbocycles. The molecule has 1 N–H and O–H groups in total. The van der Waals surface area contributed by atoms with Crippen LogP contribution in [0.15, 0.2) is 53.4 Å². The van der Waals surface area contributed by atoms with E-state index in [1.807, 2.05) is 4.90 Å². The molecule has 0 atom stereocenters. The Morgan fingerprint density at radius 1 is 1.08 bits per heavy atom. The molecule has 1 aliphatic heterocycles. The maximum atomic E-state index is 12.7. The van der Waals surface area contributed by atoms with Crippen LogP contribution < -0.4 is 4.72 Å². The largest absolute Gasteiger partial charge is 0.339 e. The molecular weight excluding hydrogens is 348 g/mol.